The Kier molecular flexibility index (Phi) is 5.41. The van der Waals surface area contributed by atoms with E-state index in [2.05, 4.69) is 36.1 Å². The van der Waals surface area contributed by atoms with Gasteiger partial charge in [-0.05, 0) is 87.2 Å². The van der Waals surface area contributed by atoms with Crippen LogP contribution in [0.1, 0.15) is 59.2 Å². The molecule has 2 aromatic rings. The smallest absolute Gasteiger partial charge is 0.335 e. The van der Waals surface area contributed by atoms with Gasteiger partial charge in [0.2, 0.25) is 0 Å². The van der Waals surface area contributed by atoms with E-state index in [-0.39, 0.29) is 0 Å². The monoisotopic (exact) mass is 432 g/mol. The highest BCUT2D eigenvalue weighted by atomic mass is 16.4. The quantitative estimate of drug-likeness (QED) is 0.686. The number of anilines is 2. The van der Waals surface area contributed by atoms with Gasteiger partial charge in [-0.2, -0.15) is 5.10 Å². The number of aryl methyl sites for hydroxylation is 1. The van der Waals surface area contributed by atoms with Crippen LogP contribution in [0.4, 0.5) is 11.4 Å². The maximum absolute atomic E-state index is 11.5. The minimum Gasteiger partial charge on any atom is -0.478 e. The first kappa shape index (κ1) is 21.0. The lowest BCUT2D eigenvalue weighted by atomic mass is 9.75. The van der Waals surface area contributed by atoms with Gasteiger partial charge in [-0.15, -0.1) is 0 Å². The van der Waals surface area contributed by atoms with E-state index in [0.717, 1.165) is 53.2 Å². The summed E-state index contributed by atoms with van der Waals surface area (Å²) in [6.45, 7) is 0.794. The van der Waals surface area contributed by atoms with Crippen molar-refractivity contribution in [3.05, 3.63) is 58.7 Å². The summed E-state index contributed by atoms with van der Waals surface area (Å²) in [5.74, 6) is 0.149. The van der Waals surface area contributed by atoms with Crippen molar-refractivity contribution >= 4 is 23.1 Å². The lowest BCUT2D eigenvalue weighted by Crippen LogP contribution is -2.40. The second kappa shape index (κ2) is 8.24. The SMILES string of the molecule is CN(C)Cc1cc(N2N=C3c4ccc(C(=O)O)cc4CCC3C2C2CCCC2)ccc1N. The number of benzene rings is 2. The Balaban J connectivity index is 1.57. The third-order valence-corrected chi connectivity index (χ3v) is 7.37. The molecule has 0 spiro atoms. The number of carbonyl (C=O) groups is 1. The summed E-state index contributed by atoms with van der Waals surface area (Å²) in [4.78, 5) is 13.6. The van der Waals surface area contributed by atoms with Gasteiger partial charge in [0.05, 0.1) is 23.0 Å². The van der Waals surface area contributed by atoms with Crippen LogP contribution in [0.5, 0.6) is 0 Å². The summed E-state index contributed by atoms with van der Waals surface area (Å²) >= 11 is 0. The molecule has 0 aromatic heterocycles. The first-order chi connectivity index (χ1) is 15.4. The molecule has 6 heteroatoms. The van der Waals surface area contributed by atoms with Crippen molar-refractivity contribution in [1.82, 2.24) is 4.90 Å². The van der Waals surface area contributed by atoms with E-state index >= 15 is 0 Å². The number of nitrogens with zero attached hydrogens (tertiary/aromatic N) is 3. The standard InChI is InChI=1S/C26H32N4O2/c1-29(2)15-19-14-20(9-12-23(19)27)30-25(16-5-3-4-6-16)22-11-7-17-13-18(26(31)32)8-10-21(17)24(22)28-30/h8-10,12-14,16,22,25H,3-7,11,15,27H2,1-2H3,(H,31,32). The Bertz CT molecular complexity index is 1070. The average Bonchev–Trinajstić information content (AvgIpc) is 3.42. The first-order valence-corrected chi connectivity index (χ1v) is 11.7. The fraction of sp³-hybridized carbons (Fsp3) is 0.462. The molecule has 168 valence electrons. The Morgan fingerprint density at radius 1 is 1.16 bits per heavy atom. The molecule has 1 heterocycles. The predicted octanol–water partition coefficient (Wildman–Crippen LogP) is 4.37. The lowest BCUT2D eigenvalue weighted by Gasteiger charge is -2.34. The number of nitrogens with two attached hydrogens (primary N) is 1. The van der Waals surface area contributed by atoms with E-state index in [0.29, 0.717) is 23.4 Å². The number of hydrazone groups is 1. The molecule has 0 saturated heterocycles. The van der Waals surface area contributed by atoms with Crippen molar-refractivity contribution < 1.29 is 9.90 Å². The minimum atomic E-state index is -0.871. The van der Waals surface area contributed by atoms with E-state index in [1.807, 2.05) is 18.2 Å². The molecule has 3 aliphatic rings. The minimum absolute atomic E-state index is 0.357. The van der Waals surface area contributed by atoms with Crippen LogP contribution in [-0.2, 0) is 13.0 Å². The highest BCUT2D eigenvalue weighted by molar-refractivity contribution is 6.07. The van der Waals surface area contributed by atoms with Crippen molar-refractivity contribution in [3.63, 3.8) is 0 Å². The zero-order valence-electron chi connectivity index (χ0n) is 18.9. The molecule has 6 nitrogen and oxygen atoms in total. The molecule has 1 aliphatic heterocycles. The fourth-order valence-corrected chi connectivity index (χ4v) is 5.91. The van der Waals surface area contributed by atoms with E-state index in [4.69, 9.17) is 10.8 Å². The molecule has 2 atom stereocenters. The van der Waals surface area contributed by atoms with Crippen LogP contribution in [0.15, 0.2) is 41.5 Å². The van der Waals surface area contributed by atoms with E-state index in [9.17, 15) is 9.90 Å². The highest BCUT2D eigenvalue weighted by Crippen LogP contribution is 2.45. The molecular weight excluding hydrogens is 400 g/mol. The van der Waals surface area contributed by atoms with Gasteiger partial charge in [-0.1, -0.05) is 18.9 Å². The second-order valence-corrected chi connectivity index (χ2v) is 9.81. The maximum atomic E-state index is 11.5. The Morgan fingerprint density at radius 2 is 1.94 bits per heavy atom. The molecule has 5 rings (SSSR count). The molecule has 2 aliphatic carbocycles. The summed E-state index contributed by atoms with van der Waals surface area (Å²) in [5.41, 5.74) is 13.1. The van der Waals surface area contributed by atoms with Crippen LogP contribution >= 0.6 is 0 Å². The molecule has 2 aromatic carbocycles. The Morgan fingerprint density at radius 3 is 2.66 bits per heavy atom. The van der Waals surface area contributed by atoms with Crippen molar-refractivity contribution in [1.29, 1.82) is 0 Å². The summed E-state index contributed by atoms with van der Waals surface area (Å²) in [6, 6.07) is 12.2. The molecule has 1 fully saturated rings. The number of nitrogen functional groups attached to an aromatic ring is 1. The second-order valence-electron chi connectivity index (χ2n) is 9.81. The molecule has 1 saturated carbocycles. The third-order valence-electron chi connectivity index (χ3n) is 7.37. The van der Waals surface area contributed by atoms with Crippen LogP contribution in [0.25, 0.3) is 0 Å². The Labute approximate surface area is 189 Å². The molecule has 32 heavy (non-hydrogen) atoms. The molecular formula is C26H32N4O2. The number of aromatic carboxylic acids is 1. The Hall–Kier alpha value is -2.86. The van der Waals surface area contributed by atoms with Gasteiger partial charge in [0.15, 0.2) is 0 Å². The van der Waals surface area contributed by atoms with E-state index < -0.39 is 5.97 Å². The van der Waals surface area contributed by atoms with Crippen molar-refractivity contribution in [2.45, 2.75) is 51.1 Å². The summed E-state index contributed by atoms with van der Waals surface area (Å²) in [7, 11) is 4.11. The van der Waals surface area contributed by atoms with Crippen LogP contribution in [0, 0.1) is 11.8 Å². The van der Waals surface area contributed by atoms with Gasteiger partial charge in [-0.25, -0.2) is 4.79 Å². The number of hydrogen-bond acceptors (Lipinski definition) is 5. The molecule has 3 N–H and O–H groups in total. The molecule has 2 unspecified atom stereocenters. The number of rotatable bonds is 5. The summed E-state index contributed by atoms with van der Waals surface area (Å²) < 4.78 is 0. The number of carboxylic acid groups (broad SMARTS) is 1. The summed E-state index contributed by atoms with van der Waals surface area (Å²) in [6.07, 6.45) is 7.03. The normalized spacial score (nSPS) is 22.7. The lowest BCUT2D eigenvalue weighted by molar-refractivity contribution is 0.0696. The van der Waals surface area contributed by atoms with Gasteiger partial charge in [0, 0.05) is 23.7 Å². The predicted molar refractivity (Wildman–Crippen MR) is 128 cm³/mol. The summed E-state index contributed by atoms with van der Waals surface area (Å²) in [5, 5.41) is 16.9. The van der Waals surface area contributed by atoms with Gasteiger partial charge >= 0.3 is 5.97 Å². The number of carboxylic acids is 1. The third kappa shape index (κ3) is 3.66. The van der Waals surface area contributed by atoms with Crippen molar-refractivity contribution in [2.75, 3.05) is 24.8 Å². The molecule has 0 bridgehead atoms. The van der Waals surface area contributed by atoms with Crippen LogP contribution in [0.2, 0.25) is 0 Å². The molecule has 0 radical (unpaired) electrons. The van der Waals surface area contributed by atoms with Crippen LogP contribution in [0.3, 0.4) is 0 Å². The van der Waals surface area contributed by atoms with E-state index in [1.54, 1.807) is 6.07 Å². The van der Waals surface area contributed by atoms with Crippen LogP contribution in [-0.4, -0.2) is 41.8 Å². The average molecular weight is 433 g/mol. The first-order valence-electron chi connectivity index (χ1n) is 11.7. The van der Waals surface area contributed by atoms with E-state index in [1.165, 1.54) is 25.7 Å². The number of fused-ring (bicyclic) bond motifs is 3. The van der Waals surface area contributed by atoms with Crippen LogP contribution < -0.4 is 10.7 Å². The number of hydrogen-bond donors (Lipinski definition) is 2. The van der Waals surface area contributed by atoms with Gasteiger partial charge in [0.1, 0.15) is 0 Å². The topological polar surface area (TPSA) is 82.2 Å². The van der Waals surface area contributed by atoms with Crippen molar-refractivity contribution in [3.8, 4) is 0 Å². The highest BCUT2D eigenvalue weighted by Gasteiger charge is 2.45. The maximum Gasteiger partial charge on any atom is 0.335 e. The van der Waals surface area contributed by atoms with Crippen molar-refractivity contribution in [2.24, 2.45) is 16.9 Å². The van der Waals surface area contributed by atoms with Gasteiger partial charge in [0.25, 0.3) is 0 Å². The van der Waals surface area contributed by atoms with Gasteiger partial charge in [-0.3, -0.25) is 5.01 Å². The zero-order chi connectivity index (χ0) is 22.4. The largest absolute Gasteiger partial charge is 0.478 e. The van der Waals surface area contributed by atoms with Gasteiger partial charge < -0.3 is 15.7 Å². The zero-order valence-corrected chi connectivity index (χ0v) is 18.9. The fourth-order valence-electron chi connectivity index (χ4n) is 5.91. The molecule has 0 amide bonds.